The topological polar surface area (TPSA) is 43.9 Å². The Balaban J connectivity index is 1.93. The summed E-state index contributed by atoms with van der Waals surface area (Å²) in [5, 5.41) is 0. The molecular weight excluding hydrogens is 362 g/mol. The highest BCUT2D eigenvalue weighted by Gasteiger charge is 2.25. The van der Waals surface area contributed by atoms with E-state index < -0.39 is 0 Å². The first-order valence-electron chi connectivity index (χ1n) is 10.5. The number of carbonyl (C=O) groups is 2. The molecule has 0 atom stereocenters. The van der Waals surface area contributed by atoms with Crippen molar-refractivity contribution in [3.63, 3.8) is 0 Å². The number of hydrogen-bond donors (Lipinski definition) is 0. The molecule has 0 radical (unpaired) electrons. The third-order valence-corrected chi connectivity index (χ3v) is 5.78. The number of amides is 1. The van der Waals surface area contributed by atoms with E-state index in [1.807, 2.05) is 61.2 Å². The molecule has 154 valence electrons. The van der Waals surface area contributed by atoms with Crippen LogP contribution in [-0.4, -0.2) is 61.3 Å². The van der Waals surface area contributed by atoms with Gasteiger partial charge in [0.15, 0.2) is 0 Å². The second-order valence-corrected chi connectivity index (χ2v) is 7.64. The van der Waals surface area contributed by atoms with Gasteiger partial charge in [-0.3, -0.25) is 9.59 Å². The molecule has 29 heavy (non-hydrogen) atoms. The molecule has 1 heterocycles. The highest BCUT2D eigenvalue weighted by Crippen LogP contribution is 2.32. The number of anilines is 2. The zero-order valence-electron chi connectivity index (χ0n) is 17.7. The van der Waals surface area contributed by atoms with E-state index in [4.69, 9.17) is 0 Å². The van der Waals surface area contributed by atoms with Crippen LogP contribution in [0, 0.1) is 0 Å². The van der Waals surface area contributed by atoms with Crippen LogP contribution in [0.3, 0.4) is 0 Å². The molecular formula is C24H31N3O2. The molecule has 0 saturated carbocycles. The number of hydrogen-bond acceptors (Lipinski definition) is 4. The molecule has 1 aliphatic rings. The maximum atomic E-state index is 12.6. The highest BCUT2D eigenvalue weighted by molar-refractivity contribution is 5.94. The monoisotopic (exact) mass is 393 g/mol. The second-order valence-electron chi connectivity index (χ2n) is 7.64. The van der Waals surface area contributed by atoms with Crippen LogP contribution < -0.4 is 4.90 Å². The Kier molecular flexibility index (Phi) is 7.04. The summed E-state index contributed by atoms with van der Waals surface area (Å²) in [5.41, 5.74) is 3.46. The molecule has 0 bridgehead atoms. The fourth-order valence-corrected chi connectivity index (χ4v) is 4.03. The van der Waals surface area contributed by atoms with Crippen molar-refractivity contribution in [1.82, 2.24) is 9.80 Å². The van der Waals surface area contributed by atoms with Gasteiger partial charge >= 0.3 is 0 Å². The molecule has 5 heteroatoms. The summed E-state index contributed by atoms with van der Waals surface area (Å²) in [6.45, 7) is 7.50. The van der Waals surface area contributed by atoms with E-state index in [1.165, 1.54) is 0 Å². The quantitative estimate of drug-likeness (QED) is 0.661. The fraction of sp³-hybridized carbons (Fsp3) is 0.417. The number of aldehydes is 1. The Morgan fingerprint density at radius 3 is 2.28 bits per heavy atom. The number of nitrogens with zero attached hydrogens (tertiary/aromatic N) is 3. The number of piperidine rings is 1. The SMILES string of the molecule is CCN(CC)C(=O)c1ccc(N(c2cccc(C=O)c2)C2CCN(C)CC2)cc1. The normalized spacial score (nSPS) is 15.1. The lowest BCUT2D eigenvalue weighted by molar-refractivity contribution is 0.0773. The number of rotatable bonds is 7. The van der Waals surface area contributed by atoms with Crippen LogP contribution in [0.5, 0.6) is 0 Å². The molecule has 0 spiro atoms. The Morgan fingerprint density at radius 2 is 1.69 bits per heavy atom. The summed E-state index contributed by atoms with van der Waals surface area (Å²) in [6.07, 6.45) is 3.01. The van der Waals surface area contributed by atoms with Gasteiger partial charge in [-0.15, -0.1) is 0 Å². The van der Waals surface area contributed by atoms with Crippen LogP contribution in [0.25, 0.3) is 0 Å². The molecule has 0 N–H and O–H groups in total. The van der Waals surface area contributed by atoms with Crippen molar-refractivity contribution in [2.45, 2.75) is 32.7 Å². The van der Waals surface area contributed by atoms with E-state index >= 15 is 0 Å². The maximum absolute atomic E-state index is 12.6. The number of likely N-dealkylation sites (tertiary alicyclic amines) is 1. The molecule has 2 aromatic rings. The maximum Gasteiger partial charge on any atom is 0.253 e. The first-order chi connectivity index (χ1) is 14.1. The van der Waals surface area contributed by atoms with Gasteiger partial charge < -0.3 is 14.7 Å². The van der Waals surface area contributed by atoms with Crippen LogP contribution in [0.2, 0.25) is 0 Å². The van der Waals surface area contributed by atoms with Gasteiger partial charge in [0.05, 0.1) is 0 Å². The van der Waals surface area contributed by atoms with E-state index in [-0.39, 0.29) is 5.91 Å². The third-order valence-electron chi connectivity index (χ3n) is 5.78. The summed E-state index contributed by atoms with van der Waals surface area (Å²) in [5.74, 6) is 0.0651. The van der Waals surface area contributed by atoms with Gasteiger partial charge in [0, 0.05) is 41.6 Å². The fourth-order valence-electron chi connectivity index (χ4n) is 4.03. The Labute approximate surface area is 173 Å². The largest absolute Gasteiger partial charge is 0.339 e. The summed E-state index contributed by atoms with van der Waals surface area (Å²) in [4.78, 5) is 30.5. The Hall–Kier alpha value is -2.66. The highest BCUT2D eigenvalue weighted by atomic mass is 16.2. The van der Waals surface area contributed by atoms with Crippen molar-refractivity contribution in [1.29, 1.82) is 0 Å². The van der Waals surface area contributed by atoms with Crippen molar-refractivity contribution in [3.05, 3.63) is 59.7 Å². The van der Waals surface area contributed by atoms with Crippen LogP contribution in [0.1, 0.15) is 47.4 Å². The van der Waals surface area contributed by atoms with E-state index in [1.54, 1.807) is 0 Å². The minimum absolute atomic E-state index is 0.0651. The van der Waals surface area contributed by atoms with Gasteiger partial charge in [0.1, 0.15) is 6.29 Å². The van der Waals surface area contributed by atoms with Crippen LogP contribution in [0.15, 0.2) is 48.5 Å². The summed E-state index contributed by atoms with van der Waals surface area (Å²) in [7, 11) is 2.15. The molecule has 0 aromatic heterocycles. The Morgan fingerprint density at radius 1 is 1.03 bits per heavy atom. The zero-order chi connectivity index (χ0) is 20.8. The van der Waals surface area contributed by atoms with E-state index in [2.05, 4.69) is 22.9 Å². The number of carbonyl (C=O) groups excluding carboxylic acids is 2. The van der Waals surface area contributed by atoms with Gasteiger partial charge in [-0.2, -0.15) is 0 Å². The summed E-state index contributed by atoms with van der Waals surface area (Å²) >= 11 is 0. The van der Waals surface area contributed by atoms with Gasteiger partial charge in [-0.05, 0) is 83.2 Å². The lowest BCUT2D eigenvalue weighted by Crippen LogP contribution is -2.41. The summed E-state index contributed by atoms with van der Waals surface area (Å²) < 4.78 is 0. The molecule has 1 fully saturated rings. The molecule has 1 amide bonds. The Bertz CT molecular complexity index is 822. The molecule has 0 unspecified atom stereocenters. The lowest BCUT2D eigenvalue weighted by Gasteiger charge is -2.39. The van der Waals surface area contributed by atoms with Crippen molar-refractivity contribution in [2.75, 3.05) is 38.1 Å². The van der Waals surface area contributed by atoms with Crippen molar-refractivity contribution in [2.24, 2.45) is 0 Å². The average Bonchev–Trinajstić information content (AvgIpc) is 2.76. The first-order valence-corrected chi connectivity index (χ1v) is 10.5. The lowest BCUT2D eigenvalue weighted by atomic mass is 10.0. The molecule has 3 rings (SSSR count). The molecule has 5 nitrogen and oxygen atoms in total. The van der Waals surface area contributed by atoms with Crippen LogP contribution in [-0.2, 0) is 0 Å². The smallest absolute Gasteiger partial charge is 0.253 e. The average molecular weight is 394 g/mol. The minimum Gasteiger partial charge on any atom is -0.339 e. The second kappa shape index (κ2) is 9.70. The van der Waals surface area contributed by atoms with Gasteiger partial charge in [0.25, 0.3) is 5.91 Å². The molecule has 1 saturated heterocycles. The molecule has 1 aliphatic heterocycles. The van der Waals surface area contributed by atoms with Crippen molar-refractivity contribution >= 4 is 23.6 Å². The van der Waals surface area contributed by atoms with Gasteiger partial charge in [-0.25, -0.2) is 0 Å². The molecule has 0 aliphatic carbocycles. The summed E-state index contributed by atoms with van der Waals surface area (Å²) in [6, 6.07) is 16.0. The van der Waals surface area contributed by atoms with Gasteiger partial charge in [-0.1, -0.05) is 12.1 Å². The predicted molar refractivity (Wildman–Crippen MR) is 118 cm³/mol. The zero-order valence-corrected chi connectivity index (χ0v) is 17.7. The minimum atomic E-state index is 0.0651. The van der Waals surface area contributed by atoms with Crippen LogP contribution in [0.4, 0.5) is 11.4 Å². The van der Waals surface area contributed by atoms with E-state index in [0.717, 1.165) is 43.6 Å². The third kappa shape index (κ3) is 4.85. The first kappa shape index (κ1) is 21.1. The van der Waals surface area contributed by atoms with Gasteiger partial charge in [0.2, 0.25) is 0 Å². The van der Waals surface area contributed by atoms with Crippen LogP contribution >= 0.6 is 0 Å². The van der Waals surface area contributed by atoms with Crippen molar-refractivity contribution in [3.8, 4) is 0 Å². The predicted octanol–water partition coefficient (Wildman–Crippen LogP) is 4.21. The standard InChI is InChI=1S/C24H31N3O2/c1-4-26(5-2)24(29)20-9-11-21(12-10-20)27(22-13-15-25(3)16-14-22)23-8-6-7-19(17-23)18-28/h6-12,17-18,22H,4-5,13-16H2,1-3H3. The van der Waals surface area contributed by atoms with E-state index in [0.29, 0.717) is 30.3 Å². The van der Waals surface area contributed by atoms with E-state index in [9.17, 15) is 9.59 Å². The molecule has 2 aromatic carbocycles. The van der Waals surface area contributed by atoms with Crippen molar-refractivity contribution < 1.29 is 9.59 Å². The number of benzene rings is 2.